The van der Waals surface area contributed by atoms with E-state index in [1.165, 1.54) is 12.8 Å². The standard InChI is InChI=1S/C11H20N2O2/c1-7-2-3-10(7)13-5-8(11(14)15)4-9(12)6-13/h7-10H,2-6,12H2,1H3,(H,14,15). The second-order valence-corrected chi connectivity index (χ2v) is 5.11. The zero-order chi connectivity index (χ0) is 11.0. The van der Waals surface area contributed by atoms with Crippen LogP contribution in [0, 0.1) is 11.8 Å². The van der Waals surface area contributed by atoms with Crippen LogP contribution < -0.4 is 5.73 Å². The molecule has 86 valence electrons. The number of piperidine rings is 1. The third-order valence-corrected chi connectivity index (χ3v) is 3.90. The smallest absolute Gasteiger partial charge is 0.307 e. The molecule has 0 spiro atoms. The van der Waals surface area contributed by atoms with E-state index in [2.05, 4.69) is 11.8 Å². The molecular formula is C11H20N2O2. The number of nitrogens with zero attached hydrogens (tertiary/aromatic N) is 1. The minimum atomic E-state index is -0.692. The number of hydrogen-bond acceptors (Lipinski definition) is 3. The van der Waals surface area contributed by atoms with Crippen molar-refractivity contribution in [1.82, 2.24) is 4.90 Å². The zero-order valence-electron chi connectivity index (χ0n) is 9.22. The van der Waals surface area contributed by atoms with Crippen molar-refractivity contribution in [2.45, 2.75) is 38.3 Å². The predicted octanol–water partition coefficient (Wildman–Crippen LogP) is 0.519. The maximum absolute atomic E-state index is 11.0. The van der Waals surface area contributed by atoms with Crippen molar-refractivity contribution in [3.63, 3.8) is 0 Å². The van der Waals surface area contributed by atoms with Crippen molar-refractivity contribution in [3.8, 4) is 0 Å². The number of carbonyl (C=O) groups is 1. The van der Waals surface area contributed by atoms with E-state index in [1.54, 1.807) is 0 Å². The van der Waals surface area contributed by atoms with E-state index in [4.69, 9.17) is 10.8 Å². The van der Waals surface area contributed by atoms with Gasteiger partial charge in [0.15, 0.2) is 0 Å². The summed E-state index contributed by atoms with van der Waals surface area (Å²) < 4.78 is 0. The molecule has 1 heterocycles. The maximum atomic E-state index is 11.0. The summed E-state index contributed by atoms with van der Waals surface area (Å²) in [6.45, 7) is 3.81. The van der Waals surface area contributed by atoms with Gasteiger partial charge in [0.05, 0.1) is 5.92 Å². The summed E-state index contributed by atoms with van der Waals surface area (Å²) in [5.74, 6) is -0.242. The molecule has 1 aliphatic carbocycles. The lowest BCUT2D eigenvalue weighted by atomic mass is 9.78. The molecule has 2 rings (SSSR count). The fraction of sp³-hybridized carbons (Fsp3) is 0.909. The van der Waals surface area contributed by atoms with E-state index in [-0.39, 0.29) is 12.0 Å². The van der Waals surface area contributed by atoms with Gasteiger partial charge in [-0.15, -0.1) is 0 Å². The normalized spacial score (nSPS) is 42.3. The Labute approximate surface area is 90.4 Å². The summed E-state index contributed by atoms with van der Waals surface area (Å²) in [4.78, 5) is 13.3. The Kier molecular flexibility index (Phi) is 2.98. The van der Waals surface area contributed by atoms with Gasteiger partial charge in [0.2, 0.25) is 0 Å². The second kappa shape index (κ2) is 4.10. The van der Waals surface area contributed by atoms with E-state index < -0.39 is 5.97 Å². The van der Waals surface area contributed by atoms with Crippen molar-refractivity contribution in [3.05, 3.63) is 0 Å². The highest BCUT2D eigenvalue weighted by Gasteiger charge is 2.38. The van der Waals surface area contributed by atoms with Crippen molar-refractivity contribution in [1.29, 1.82) is 0 Å². The molecule has 2 fully saturated rings. The highest BCUT2D eigenvalue weighted by Crippen LogP contribution is 2.33. The summed E-state index contributed by atoms with van der Waals surface area (Å²) in [6, 6.07) is 0.617. The van der Waals surface area contributed by atoms with Crippen molar-refractivity contribution < 1.29 is 9.90 Å². The fourth-order valence-corrected chi connectivity index (χ4v) is 2.81. The van der Waals surface area contributed by atoms with Crippen LogP contribution in [0.3, 0.4) is 0 Å². The van der Waals surface area contributed by atoms with Crippen molar-refractivity contribution in [2.75, 3.05) is 13.1 Å². The van der Waals surface area contributed by atoms with Gasteiger partial charge >= 0.3 is 5.97 Å². The number of carboxylic acid groups (broad SMARTS) is 1. The largest absolute Gasteiger partial charge is 0.481 e. The van der Waals surface area contributed by atoms with Crippen molar-refractivity contribution in [2.24, 2.45) is 17.6 Å². The van der Waals surface area contributed by atoms with Gasteiger partial charge in [-0.3, -0.25) is 9.69 Å². The SMILES string of the molecule is CC1CCC1N1CC(N)CC(C(=O)O)C1. The lowest BCUT2D eigenvalue weighted by molar-refractivity contribution is -0.144. The van der Waals surface area contributed by atoms with Crippen molar-refractivity contribution >= 4 is 5.97 Å². The van der Waals surface area contributed by atoms with Crippen LogP contribution in [0.25, 0.3) is 0 Å². The molecule has 4 atom stereocenters. The number of rotatable bonds is 2. The van der Waals surface area contributed by atoms with Gasteiger partial charge in [0.1, 0.15) is 0 Å². The molecule has 0 aromatic rings. The molecule has 2 aliphatic rings. The first kappa shape index (κ1) is 10.9. The molecule has 1 saturated carbocycles. The Morgan fingerprint density at radius 3 is 2.60 bits per heavy atom. The summed E-state index contributed by atoms with van der Waals surface area (Å²) >= 11 is 0. The number of likely N-dealkylation sites (tertiary alicyclic amines) is 1. The van der Waals surface area contributed by atoms with Crippen LogP contribution >= 0.6 is 0 Å². The molecule has 0 amide bonds. The predicted molar refractivity (Wildman–Crippen MR) is 57.5 cm³/mol. The van der Waals surface area contributed by atoms with Gasteiger partial charge in [-0.2, -0.15) is 0 Å². The van der Waals surface area contributed by atoms with E-state index in [0.29, 0.717) is 24.9 Å². The summed E-state index contributed by atoms with van der Waals surface area (Å²) in [7, 11) is 0. The molecule has 15 heavy (non-hydrogen) atoms. The zero-order valence-corrected chi connectivity index (χ0v) is 9.22. The van der Waals surface area contributed by atoms with Crippen LogP contribution in [0.2, 0.25) is 0 Å². The van der Waals surface area contributed by atoms with Crippen LogP contribution in [0.4, 0.5) is 0 Å². The first-order valence-corrected chi connectivity index (χ1v) is 5.80. The Morgan fingerprint density at radius 1 is 1.40 bits per heavy atom. The molecular weight excluding hydrogens is 192 g/mol. The fourth-order valence-electron chi connectivity index (χ4n) is 2.81. The monoisotopic (exact) mass is 212 g/mol. The maximum Gasteiger partial charge on any atom is 0.307 e. The second-order valence-electron chi connectivity index (χ2n) is 5.11. The van der Waals surface area contributed by atoms with E-state index in [1.807, 2.05) is 0 Å². The van der Waals surface area contributed by atoms with Gasteiger partial charge in [0.25, 0.3) is 0 Å². The van der Waals surface area contributed by atoms with E-state index in [9.17, 15) is 4.79 Å². The quantitative estimate of drug-likeness (QED) is 0.700. The van der Waals surface area contributed by atoms with Crippen LogP contribution in [0.15, 0.2) is 0 Å². The number of hydrogen-bond donors (Lipinski definition) is 2. The molecule has 3 N–H and O–H groups in total. The third-order valence-electron chi connectivity index (χ3n) is 3.90. The Bertz CT molecular complexity index is 257. The molecule has 1 aliphatic heterocycles. The topological polar surface area (TPSA) is 66.6 Å². The number of aliphatic carboxylic acids is 1. The molecule has 4 unspecified atom stereocenters. The molecule has 0 bridgehead atoms. The molecule has 1 saturated heterocycles. The Balaban J connectivity index is 1.97. The van der Waals surface area contributed by atoms with Crippen LogP contribution in [-0.2, 0) is 4.79 Å². The average Bonchev–Trinajstić information content (AvgIpc) is 2.14. The first-order valence-electron chi connectivity index (χ1n) is 5.80. The van der Waals surface area contributed by atoms with Gasteiger partial charge in [-0.1, -0.05) is 6.92 Å². The number of nitrogens with two attached hydrogens (primary N) is 1. The van der Waals surface area contributed by atoms with Crippen LogP contribution in [0.5, 0.6) is 0 Å². The molecule has 4 heteroatoms. The van der Waals surface area contributed by atoms with Gasteiger partial charge in [-0.05, 0) is 25.2 Å². The van der Waals surface area contributed by atoms with E-state index in [0.717, 1.165) is 6.54 Å². The third kappa shape index (κ3) is 2.16. The molecule has 0 aromatic heterocycles. The van der Waals surface area contributed by atoms with Gasteiger partial charge in [0, 0.05) is 25.2 Å². The lowest BCUT2D eigenvalue weighted by Crippen LogP contribution is -2.56. The minimum Gasteiger partial charge on any atom is -0.481 e. The minimum absolute atomic E-state index is 0.0349. The molecule has 0 radical (unpaired) electrons. The van der Waals surface area contributed by atoms with Gasteiger partial charge < -0.3 is 10.8 Å². The Morgan fingerprint density at radius 2 is 2.13 bits per heavy atom. The Hall–Kier alpha value is -0.610. The molecule has 4 nitrogen and oxygen atoms in total. The number of carboxylic acids is 1. The summed E-state index contributed by atoms with van der Waals surface area (Å²) in [5, 5.41) is 9.03. The van der Waals surface area contributed by atoms with Crippen LogP contribution in [0.1, 0.15) is 26.2 Å². The first-order chi connectivity index (χ1) is 7.08. The average molecular weight is 212 g/mol. The highest BCUT2D eigenvalue weighted by molar-refractivity contribution is 5.70. The van der Waals surface area contributed by atoms with Gasteiger partial charge in [-0.25, -0.2) is 0 Å². The van der Waals surface area contributed by atoms with Crippen LogP contribution in [-0.4, -0.2) is 41.1 Å². The summed E-state index contributed by atoms with van der Waals surface area (Å²) in [5.41, 5.74) is 5.91. The lowest BCUT2D eigenvalue weighted by Gasteiger charge is -2.47. The highest BCUT2D eigenvalue weighted by atomic mass is 16.4. The molecule has 0 aromatic carbocycles. The van der Waals surface area contributed by atoms with E-state index >= 15 is 0 Å². The summed E-state index contributed by atoms with van der Waals surface area (Å²) in [6.07, 6.45) is 3.11.